The van der Waals surface area contributed by atoms with Crippen molar-refractivity contribution in [3.05, 3.63) is 35.5 Å². The predicted molar refractivity (Wildman–Crippen MR) is 81.5 cm³/mol. The lowest BCUT2D eigenvalue weighted by molar-refractivity contribution is -0.117. The number of benzene rings is 1. The molecule has 112 valence electrons. The molecule has 0 saturated heterocycles. The minimum atomic E-state index is -0.570. The van der Waals surface area contributed by atoms with Crippen molar-refractivity contribution in [1.82, 2.24) is 10.3 Å². The number of nitrogens with one attached hydrogen (secondary N) is 2. The van der Waals surface area contributed by atoms with Gasteiger partial charge in [0, 0.05) is 36.4 Å². The second-order valence-electron chi connectivity index (χ2n) is 4.81. The van der Waals surface area contributed by atoms with E-state index in [4.69, 9.17) is 4.74 Å². The second-order valence-corrected chi connectivity index (χ2v) is 4.81. The van der Waals surface area contributed by atoms with Gasteiger partial charge in [-0.1, -0.05) is 18.2 Å². The highest BCUT2D eigenvalue weighted by Crippen LogP contribution is 2.22. The minimum absolute atomic E-state index is 0.436. The number of aryl methyl sites for hydroxylation is 1. The number of rotatable bonds is 7. The molecule has 0 bridgehead atoms. The van der Waals surface area contributed by atoms with Gasteiger partial charge in [-0.3, -0.25) is 9.59 Å². The van der Waals surface area contributed by atoms with Gasteiger partial charge in [0.1, 0.15) is 0 Å². The molecule has 2 rings (SSSR count). The number of para-hydroxylation sites is 1. The van der Waals surface area contributed by atoms with E-state index in [0.29, 0.717) is 37.4 Å². The van der Waals surface area contributed by atoms with E-state index in [0.717, 1.165) is 10.9 Å². The lowest BCUT2D eigenvalue weighted by Gasteiger charge is -2.05. The Morgan fingerprint density at radius 2 is 2.05 bits per heavy atom. The van der Waals surface area contributed by atoms with Gasteiger partial charge in [-0.15, -0.1) is 0 Å². The number of aromatic nitrogens is 1. The van der Waals surface area contributed by atoms with Gasteiger partial charge in [0.05, 0.1) is 5.56 Å². The summed E-state index contributed by atoms with van der Waals surface area (Å²) in [6.07, 6.45) is 0.694. The smallest absolute Gasteiger partial charge is 0.292 e. The van der Waals surface area contributed by atoms with Crippen LogP contribution in [0.15, 0.2) is 24.3 Å². The largest absolute Gasteiger partial charge is 0.382 e. The van der Waals surface area contributed by atoms with E-state index >= 15 is 0 Å². The molecule has 0 radical (unpaired) electrons. The number of hydrogen-bond acceptors (Lipinski definition) is 3. The number of ether oxygens (including phenoxy) is 1. The van der Waals surface area contributed by atoms with Crippen LogP contribution in [0.25, 0.3) is 10.9 Å². The Hall–Kier alpha value is -2.14. The molecular formula is C16H20N2O3. The number of hydrogen-bond donors (Lipinski definition) is 2. The third-order valence-electron chi connectivity index (χ3n) is 3.28. The Morgan fingerprint density at radius 3 is 2.81 bits per heavy atom. The van der Waals surface area contributed by atoms with Gasteiger partial charge in [0.2, 0.25) is 0 Å². The van der Waals surface area contributed by atoms with Gasteiger partial charge in [-0.25, -0.2) is 0 Å². The van der Waals surface area contributed by atoms with Crippen LogP contribution < -0.4 is 5.32 Å². The van der Waals surface area contributed by atoms with Crippen molar-refractivity contribution in [3.63, 3.8) is 0 Å². The highest BCUT2D eigenvalue weighted by Gasteiger charge is 2.21. The van der Waals surface area contributed by atoms with Gasteiger partial charge in [-0.05, 0) is 26.3 Å². The molecule has 1 aromatic heterocycles. The number of carbonyl (C=O) groups excluding carboxylic acids is 2. The molecule has 2 N–H and O–H groups in total. The molecule has 0 unspecified atom stereocenters. The molecule has 0 spiro atoms. The Balaban J connectivity index is 2.04. The summed E-state index contributed by atoms with van der Waals surface area (Å²) in [5, 5.41) is 3.42. The van der Waals surface area contributed by atoms with Gasteiger partial charge < -0.3 is 15.0 Å². The van der Waals surface area contributed by atoms with Crippen molar-refractivity contribution < 1.29 is 14.3 Å². The second kappa shape index (κ2) is 7.04. The zero-order chi connectivity index (χ0) is 15.2. The zero-order valence-electron chi connectivity index (χ0n) is 12.4. The van der Waals surface area contributed by atoms with Crippen LogP contribution in [0.5, 0.6) is 0 Å². The van der Waals surface area contributed by atoms with E-state index < -0.39 is 11.7 Å². The molecule has 5 nitrogen and oxygen atoms in total. The predicted octanol–water partition coefficient (Wildman–Crippen LogP) is 2.20. The SMILES string of the molecule is CCOCCCNC(=O)C(=O)c1c(C)[nH]c2ccccc12. The number of H-pyrrole nitrogens is 1. The fraction of sp³-hybridized carbons (Fsp3) is 0.375. The van der Waals surface area contributed by atoms with Crippen molar-refractivity contribution >= 4 is 22.6 Å². The molecule has 0 atom stereocenters. The molecule has 5 heteroatoms. The van der Waals surface area contributed by atoms with E-state index in [2.05, 4.69) is 10.3 Å². The summed E-state index contributed by atoms with van der Waals surface area (Å²) in [7, 11) is 0. The molecule has 1 aromatic carbocycles. The summed E-state index contributed by atoms with van der Waals surface area (Å²) in [5.41, 5.74) is 2.03. The van der Waals surface area contributed by atoms with Gasteiger partial charge in [-0.2, -0.15) is 0 Å². The quantitative estimate of drug-likeness (QED) is 0.466. The van der Waals surface area contributed by atoms with E-state index in [1.807, 2.05) is 31.2 Å². The summed E-state index contributed by atoms with van der Waals surface area (Å²) in [6, 6.07) is 7.47. The number of carbonyl (C=O) groups is 2. The third-order valence-corrected chi connectivity index (χ3v) is 3.28. The first kappa shape index (κ1) is 15.3. The Kier molecular flexibility index (Phi) is 5.11. The molecule has 0 fully saturated rings. The minimum Gasteiger partial charge on any atom is -0.382 e. The summed E-state index contributed by atoms with van der Waals surface area (Å²) in [6.45, 7) is 5.39. The zero-order valence-corrected chi connectivity index (χ0v) is 12.4. The van der Waals surface area contributed by atoms with Crippen molar-refractivity contribution in [2.45, 2.75) is 20.3 Å². The first-order chi connectivity index (χ1) is 10.1. The van der Waals surface area contributed by atoms with Crippen LogP contribution in [0.1, 0.15) is 29.4 Å². The molecule has 0 aliphatic heterocycles. The molecular weight excluding hydrogens is 268 g/mol. The summed E-state index contributed by atoms with van der Waals surface area (Å²) in [5.74, 6) is -1.07. The maximum absolute atomic E-state index is 12.3. The molecule has 2 aromatic rings. The lowest BCUT2D eigenvalue weighted by atomic mass is 10.1. The first-order valence-electron chi connectivity index (χ1n) is 7.12. The molecule has 0 saturated carbocycles. The van der Waals surface area contributed by atoms with E-state index in [-0.39, 0.29) is 0 Å². The normalized spacial score (nSPS) is 10.8. The van der Waals surface area contributed by atoms with Crippen LogP contribution in [-0.2, 0) is 9.53 Å². The van der Waals surface area contributed by atoms with Crippen molar-refractivity contribution in [3.8, 4) is 0 Å². The highest BCUT2D eigenvalue weighted by molar-refractivity contribution is 6.45. The number of ketones is 1. The monoisotopic (exact) mass is 288 g/mol. The molecule has 1 amide bonds. The van der Waals surface area contributed by atoms with E-state index in [9.17, 15) is 9.59 Å². The molecule has 21 heavy (non-hydrogen) atoms. The van der Waals surface area contributed by atoms with Crippen LogP contribution >= 0.6 is 0 Å². The Bertz CT molecular complexity index is 646. The lowest BCUT2D eigenvalue weighted by Crippen LogP contribution is -2.32. The van der Waals surface area contributed by atoms with Crippen molar-refractivity contribution in [2.24, 2.45) is 0 Å². The number of amides is 1. The average molecular weight is 288 g/mol. The number of Topliss-reactive ketones (excluding diaryl/α,β-unsaturated/α-hetero) is 1. The Morgan fingerprint density at radius 1 is 1.29 bits per heavy atom. The van der Waals surface area contributed by atoms with Crippen LogP contribution in [0.3, 0.4) is 0 Å². The highest BCUT2D eigenvalue weighted by atomic mass is 16.5. The van der Waals surface area contributed by atoms with Crippen LogP contribution in [0, 0.1) is 6.92 Å². The summed E-state index contributed by atoms with van der Waals surface area (Å²) >= 11 is 0. The van der Waals surface area contributed by atoms with Crippen molar-refractivity contribution in [2.75, 3.05) is 19.8 Å². The number of aromatic amines is 1. The third kappa shape index (κ3) is 3.49. The fourth-order valence-corrected chi connectivity index (χ4v) is 2.28. The Labute approximate surface area is 123 Å². The van der Waals surface area contributed by atoms with Crippen LogP contribution in [0.4, 0.5) is 0 Å². The van der Waals surface area contributed by atoms with Gasteiger partial charge >= 0.3 is 0 Å². The molecule has 0 aliphatic rings. The van der Waals surface area contributed by atoms with Crippen molar-refractivity contribution in [1.29, 1.82) is 0 Å². The van der Waals surface area contributed by atoms with Crippen LogP contribution in [0.2, 0.25) is 0 Å². The van der Waals surface area contributed by atoms with Gasteiger partial charge in [0.15, 0.2) is 0 Å². The molecule has 1 heterocycles. The number of fused-ring (bicyclic) bond motifs is 1. The van der Waals surface area contributed by atoms with E-state index in [1.54, 1.807) is 6.92 Å². The summed E-state index contributed by atoms with van der Waals surface area (Å²) < 4.78 is 5.18. The average Bonchev–Trinajstić information content (AvgIpc) is 2.81. The molecule has 0 aliphatic carbocycles. The van der Waals surface area contributed by atoms with Crippen LogP contribution in [-0.4, -0.2) is 36.4 Å². The van der Waals surface area contributed by atoms with Gasteiger partial charge in [0.25, 0.3) is 11.7 Å². The fourth-order valence-electron chi connectivity index (χ4n) is 2.28. The maximum atomic E-state index is 12.3. The van der Waals surface area contributed by atoms with E-state index in [1.165, 1.54) is 0 Å². The summed E-state index contributed by atoms with van der Waals surface area (Å²) in [4.78, 5) is 27.4. The maximum Gasteiger partial charge on any atom is 0.292 e. The topological polar surface area (TPSA) is 71.2 Å². The standard InChI is InChI=1S/C16H20N2O3/c1-3-21-10-6-9-17-16(20)15(19)14-11(2)18-13-8-5-4-7-12(13)14/h4-5,7-8,18H,3,6,9-10H2,1-2H3,(H,17,20). The first-order valence-corrected chi connectivity index (χ1v) is 7.12.